The van der Waals surface area contributed by atoms with Crippen LogP contribution in [0.25, 0.3) is 0 Å². The third-order valence-corrected chi connectivity index (χ3v) is 5.77. The molecule has 1 aliphatic heterocycles. The van der Waals surface area contributed by atoms with E-state index in [4.69, 9.17) is 23.2 Å². The van der Waals surface area contributed by atoms with Crippen LogP contribution in [0.3, 0.4) is 0 Å². The van der Waals surface area contributed by atoms with E-state index in [-0.39, 0.29) is 5.02 Å². The maximum Gasteiger partial charge on any atom is 0.325 e. The topological polar surface area (TPSA) is 78.5 Å². The number of carbonyl (C=O) groups is 3. The summed E-state index contributed by atoms with van der Waals surface area (Å²) in [5.41, 5.74) is 1.07. The summed E-state index contributed by atoms with van der Waals surface area (Å²) in [7, 11) is 0. The molecular weight excluding hydrogens is 389 g/mol. The van der Waals surface area contributed by atoms with Gasteiger partial charge in [-0.1, -0.05) is 53.5 Å². The fourth-order valence-corrected chi connectivity index (χ4v) is 4.01. The first-order valence-electron chi connectivity index (χ1n) is 8.39. The molecule has 0 saturated carbocycles. The normalized spacial score (nSPS) is 20.7. The number of hydrogen-bond donors (Lipinski definition) is 2. The van der Waals surface area contributed by atoms with Gasteiger partial charge in [0.15, 0.2) is 0 Å². The average molecular weight is 404 g/mol. The van der Waals surface area contributed by atoms with Gasteiger partial charge < -0.3 is 10.6 Å². The Balaban J connectivity index is 1.54. The van der Waals surface area contributed by atoms with Crippen LogP contribution in [0.4, 0.5) is 10.5 Å². The van der Waals surface area contributed by atoms with Crippen LogP contribution in [-0.2, 0) is 21.5 Å². The van der Waals surface area contributed by atoms with Gasteiger partial charge in [0, 0.05) is 0 Å². The fourth-order valence-electron chi connectivity index (χ4n) is 3.67. The Morgan fingerprint density at radius 2 is 1.93 bits per heavy atom. The van der Waals surface area contributed by atoms with Gasteiger partial charge in [-0.15, -0.1) is 0 Å². The number of benzene rings is 2. The second-order valence-electron chi connectivity index (χ2n) is 6.53. The highest BCUT2D eigenvalue weighted by atomic mass is 35.5. The number of carbonyl (C=O) groups excluding carboxylic acids is 3. The third-order valence-electron chi connectivity index (χ3n) is 4.95. The first kappa shape index (κ1) is 17.8. The minimum Gasteiger partial charge on any atom is -0.323 e. The lowest BCUT2D eigenvalue weighted by Crippen LogP contribution is -2.43. The summed E-state index contributed by atoms with van der Waals surface area (Å²) in [6.45, 7) is -0.405. The summed E-state index contributed by atoms with van der Waals surface area (Å²) >= 11 is 12.0. The van der Waals surface area contributed by atoms with Crippen LogP contribution in [0.2, 0.25) is 10.0 Å². The first-order valence-corrected chi connectivity index (χ1v) is 9.14. The monoisotopic (exact) mass is 403 g/mol. The highest BCUT2D eigenvalue weighted by Gasteiger charge is 2.55. The van der Waals surface area contributed by atoms with E-state index in [1.54, 1.807) is 18.2 Å². The molecule has 0 aromatic heterocycles. The van der Waals surface area contributed by atoms with E-state index in [1.165, 1.54) is 0 Å². The van der Waals surface area contributed by atoms with Crippen molar-refractivity contribution in [2.45, 2.75) is 18.4 Å². The molecule has 2 aliphatic rings. The van der Waals surface area contributed by atoms with Crippen LogP contribution in [-0.4, -0.2) is 29.3 Å². The molecule has 4 rings (SSSR count). The summed E-state index contributed by atoms with van der Waals surface area (Å²) < 4.78 is 0. The number of amides is 4. The molecule has 6 nitrogen and oxygen atoms in total. The fraction of sp³-hybridized carbons (Fsp3) is 0.211. The summed E-state index contributed by atoms with van der Waals surface area (Å²) in [5, 5.41) is 5.87. The van der Waals surface area contributed by atoms with Gasteiger partial charge >= 0.3 is 6.03 Å². The van der Waals surface area contributed by atoms with Crippen molar-refractivity contribution in [1.29, 1.82) is 0 Å². The number of nitrogens with one attached hydrogen (secondary N) is 2. The average Bonchev–Trinajstić information content (AvgIpc) is 3.13. The Morgan fingerprint density at radius 1 is 1.15 bits per heavy atom. The number of anilines is 1. The molecule has 2 aromatic carbocycles. The van der Waals surface area contributed by atoms with E-state index < -0.39 is 29.9 Å². The molecule has 0 bridgehead atoms. The lowest BCUT2D eigenvalue weighted by atomic mass is 9.92. The van der Waals surface area contributed by atoms with Crippen molar-refractivity contribution in [3.05, 3.63) is 63.6 Å². The second kappa shape index (κ2) is 6.55. The van der Waals surface area contributed by atoms with Crippen LogP contribution < -0.4 is 10.6 Å². The molecule has 1 atom stereocenters. The van der Waals surface area contributed by atoms with Crippen LogP contribution in [0, 0.1) is 0 Å². The number of urea groups is 1. The molecule has 2 aromatic rings. The molecule has 4 amide bonds. The molecule has 27 heavy (non-hydrogen) atoms. The summed E-state index contributed by atoms with van der Waals surface area (Å²) in [5.74, 6) is -0.948. The zero-order chi connectivity index (χ0) is 19.2. The predicted molar refractivity (Wildman–Crippen MR) is 102 cm³/mol. The van der Waals surface area contributed by atoms with E-state index in [9.17, 15) is 14.4 Å². The van der Waals surface area contributed by atoms with Gasteiger partial charge in [-0.2, -0.15) is 0 Å². The van der Waals surface area contributed by atoms with Crippen molar-refractivity contribution in [1.82, 2.24) is 10.2 Å². The quantitative estimate of drug-likeness (QED) is 0.771. The van der Waals surface area contributed by atoms with Crippen molar-refractivity contribution in [2.24, 2.45) is 0 Å². The van der Waals surface area contributed by atoms with E-state index in [2.05, 4.69) is 10.6 Å². The number of halogens is 2. The number of rotatable bonds is 3. The van der Waals surface area contributed by atoms with E-state index >= 15 is 0 Å². The standard InChI is InChI=1S/C19H15Cl2N3O3/c20-13-6-3-7-14(16(13)21)22-15(25)10-24-17(26)19(23-18(24)27)9-8-11-4-1-2-5-12(11)19/h1-7H,8-10H2,(H,22,25)(H,23,27)/t19-/m0/s1. The van der Waals surface area contributed by atoms with Gasteiger partial charge in [-0.3, -0.25) is 14.5 Å². The number of imide groups is 1. The van der Waals surface area contributed by atoms with Crippen molar-refractivity contribution in [3.8, 4) is 0 Å². The lowest BCUT2D eigenvalue weighted by molar-refractivity contribution is -0.134. The Morgan fingerprint density at radius 3 is 2.74 bits per heavy atom. The van der Waals surface area contributed by atoms with Crippen LogP contribution in [0.5, 0.6) is 0 Å². The summed E-state index contributed by atoms with van der Waals surface area (Å²) in [6, 6.07) is 11.8. The van der Waals surface area contributed by atoms with E-state index in [1.807, 2.05) is 24.3 Å². The number of aryl methyl sites for hydroxylation is 1. The van der Waals surface area contributed by atoms with E-state index in [0.29, 0.717) is 23.6 Å². The van der Waals surface area contributed by atoms with Crippen molar-refractivity contribution >= 4 is 46.7 Å². The zero-order valence-electron chi connectivity index (χ0n) is 14.1. The predicted octanol–water partition coefficient (Wildman–Crippen LogP) is 3.33. The zero-order valence-corrected chi connectivity index (χ0v) is 15.6. The molecule has 1 heterocycles. The molecule has 1 saturated heterocycles. The Kier molecular flexibility index (Phi) is 4.32. The number of fused-ring (bicyclic) bond motifs is 2. The van der Waals surface area contributed by atoms with Crippen LogP contribution in [0.15, 0.2) is 42.5 Å². The highest BCUT2D eigenvalue weighted by molar-refractivity contribution is 6.44. The smallest absolute Gasteiger partial charge is 0.323 e. The summed E-state index contributed by atoms with van der Waals surface area (Å²) in [6.07, 6.45) is 1.18. The van der Waals surface area contributed by atoms with Gasteiger partial charge in [-0.05, 0) is 36.1 Å². The molecule has 0 unspecified atom stereocenters. The maximum absolute atomic E-state index is 13.0. The number of nitrogens with zero attached hydrogens (tertiary/aromatic N) is 1. The largest absolute Gasteiger partial charge is 0.325 e. The summed E-state index contributed by atoms with van der Waals surface area (Å²) in [4.78, 5) is 38.8. The molecule has 1 fully saturated rings. The van der Waals surface area contributed by atoms with E-state index in [0.717, 1.165) is 16.0 Å². The minimum atomic E-state index is -1.08. The lowest BCUT2D eigenvalue weighted by Gasteiger charge is -2.22. The molecule has 138 valence electrons. The van der Waals surface area contributed by atoms with Crippen molar-refractivity contribution < 1.29 is 14.4 Å². The van der Waals surface area contributed by atoms with Crippen molar-refractivity contribution in [3.63, 3.8) is 0 Å². The number of hydrogen-bond acceptors (Lipinski definition) is 3. The van der Waals surface area contributed by atoms with Gasteiger partial charge in [-0.25, -0.2) is 4.79 Å². The second-order valence-corrected chi connectivity index (χ2v) is 7.32. The Bertz CT molecular complexity index is 978. The third kappa shape index (κ3) is 2.85. The van der Waals surface area contributed by atoms with Gasteiger partial charge in [0.05, 0.1) is 15.7 Å². The first-order chi connectivity index (χ1) is 12.9. The molecule has 0 radical (unpaired) electrons. The minimum absolute atomic E-state index is 0.200. The molecular formula is C19H15Cl2N3O3. The van der Waals surface area contributed by atoms with Crippen LogP contribution >= 0.6 is 23.2 Å². The highest BCUT2D eigenvalue weighted by Crippen LogP contribution is 2.41. The molecule has 1 aliphatic carbocycles. The van der Waals surface area contributed by atoms with Gasteiger partial charge in [0.2, 0.25) is 5.91 Å². The molecule has 8 heteroatoms. The van der Waals surface area contributed by atoms with Crippen molar-refractivity contribution in [2.75, 3.05) is 11.9 Å². The van der Waals surface area contributed by atoms with Gasteiger partial charge in [0.25, 0.3) is 5.91 Å². The Labute approximate surface area is 165 Å². The molecule has 1 spiro atoms. The maximum atomic E-state index is 13.0. The van der Waals surface area contributed by atoms with Gasteiger partial charge in [0.1, 0.15) is 12.1 Å². The SMILES string of the molecule is O=C(CN1C(=O)N[C@]2(CCc3ccccc32)C1=O)Nc1cccc(Cl)c1Cl. The molecule has 2 N–H and O–H groups in total. The Hall–Kier alpha value is -2.57. The van der Waals surface area contributed by atoms with Crippen LogP contribution in [0.1, 0.15) is 17.5 Å².